The van der Waals surface area contributed by atoms with Gasteiger partial charge in [0, 0.05) is 55.6 Å². The highest BCUT2D eigenvalue weighted by molar-refractivity contribution is 7.21. The zero-order valence-electron chi connectivity index (χ0n) is 21.9. The van der Waals surface area contributed by atoms with Crippen molar-refractivity contribution in [3.8, 4) is 10.4 Å². The number of aromatic nitrogens is 4. The first-order chi connectivity index (χ1) is 19.0. The highest BCUT2D eigenvalue weighted by Gasteiger charge is 2.45. The molecule has 3 aromatic rings. The van der Waals surface area contributed by atoms with Crippen LogP contribution in [-0.4, -0.2) is 74.0 Å². The van der Waals surface area contributed by atoms with E-state index in [1.165, 1.54) is 12.1 Å². The molecular weight excluding hydrogens is 516 g/mol. The largest absolute Gasteiger partial charge is 0.381 e. The normalized spacial score (nSPS) is 22.1. The lowest BCUT2D eigenvalue weighted by Crippen LogP contribution is -2.65. The lowest BCUT2D eigenvalue weighted by Gasteiger charge is -2.51. The predicted octanol–water partition coefficient (Wildman–Crippen LogP) is 2.02. The van der Waals surface area contributed by atoms with Gasteiger partial charge in [-0.15, -0.1) is 11.3 Å². The molecule has 3 N–H and O–H groups in total. The van der Waals surface area contributed by atoms with Crippen molar-refractivity contribution in [3.05, 3.63) is 53.5 Å². The number of allylic oxidation sites excluding steroid dienone is 1. The van der Waals surface area contributed by atoms with Crippen LogP contribution in [0, 0.1) is 0 Å². The Morgan fingerprint density at radius 1 is 1.21 bits per heavy atom. The number of nitrogens with one attached hydrogen (secondary N) is 3. The van der Waals surface area contributed by atoms with Crippen LogP contribution in [0.15, 0.2) is 42.3 Å². The second-order valence-electron chi connectivity index (χ2n) is 11.0. The number of carbonyl (C=O) groups excluding carboxylic acids is 2. The number of hydrogen-bond acceptors (Lipinski definition) is 8. The van der Waals surface area contributed by atoms with Crippen molar-refractivity contribution in [1.82, 2.24) is 40.2 Å². The Labute approximate surface area is 229 Å². The highest BCUT2D eigenvalue weighted by Crippen LogP contribution is 2.35. The Kier molecular flexibility index (Phi) is 6.05. The summed E-state index contributed by atoms with van der Waals surface area (Å²) in [6.07, 6.45) is 14.6. The van der Waals surface area contributed by atoms with Gasteiger partial charge in [0.1, 0.15) is 4.83 Å². The zero-order chi connectivity index (χ0) is 26.6. The van der Waals surface area contributed by atoms with E-state index in [1.54, 1.807) is 28.2 Å². The molecule has 0 aromatic carbocycles. The number of dihydropyridines is 1. The van der Waals surface area contributed by atoms with Gasteiger partial charge in [-0.05, 0) is 45.1 Å². The van der Waals surface area contributed by atoms with E-state index in [-0.39, 0.29) is 23.5 Å². The van der Waals surface area contributed by atoms with Crippen molar-refractivity contribution >= 4 is 28.0 Å². The minimum absolute atomic E-state index is 0.0429. The average Bonchev–Trinajstić information content (AvgIpc) is 3.67. The molecule has 4 aliphatic rings. The fourth-order valence-corrected chi connectivity index (χ4v) is 7.12. The first-order valence-electron chi connectivity index (χ1n) is 13.6. The van der Waals surface area contributed by atoms with Crippen LogP contribution in [0.2, 0.25) is 0 Å². The summed E-state index contributed by atoms with van der Waals surface area (Å²) in [5.74, 6) is -0.314. The second kappa shape index (κ2) is 9.61. The zero-order valence-corrected chi connectivity index (χ0v) is 22.7. The SMILES string of the molecule is CC1NC=C(NC(=O)CN2CC3(CCCCO3)C2)C=C1NC(=O)c1cnn2cc(-c3cnn4c3CCC4)sc12. The molecule has 7 heterocycles. The molecule has 0 radical (unpaired) electrons. The first-order valence-corrected chi connectivity index (χ1v) is 14.5. The molecule has 0 saturated carbocycles. The van der Waals surface area contributed by atoms with E-state index in [9.17, 15) is 9.59 Å². The Balaban J connectivity index is 1.00. The molecule has 11 nitrogen and oxygen atoms in total. The summed E-state index contributed by atoms with van der Waals surface area (Å²) in [4.78, 5) is 30.0. The van der Waals surface area contributed by atoms with Crippen molar-refractivity contribution in [2.75, 3.05) is 26.2 Å². The van der Waals surface area contributed by atoms with Crippen LogP contribution in [0.3, 0.4) is 0 Å². The molecule has 4 aliphatic heterocycles. The summed E-state index contributed by atoms with van der Waals surface area (Å²) in [7, 11) is 0. The summed E-state index contributed by atoms with van der Waals surface area (Å²) in [5, 5.41) is 18.1. The summed E-state index contributed by atoms with van der Waals surface area (Å²) in [6.45, 7) is 5.67. The minimum Gasteiger partial charge on any atom is -0.381 e. The van der Waals surface area contributed by atoms with E-state index < -0.39 is 0 Å². The predicted molar refractivity (Wildman–Crippen MR) is 146 cm³/mol. The number of amides is 2. The van der Waals surface area contributed by atoms with Gasteiger partial charge >= 0.3 is 0 Å². The van der Waals surface area contributed by atoms with Gasteiger partial charge in [-0.25, -0.2) is 4.52 Å². The third-order valence-corrected chi connectivity index (χ3v) is 9.22. The number of nitrogens with zero attached hydrogens (tertiary/aromatic N) is 5. The van der Waals surface area contributed by atoms with Crippen LogP contribution >= 0.6 is 11.3 Å². The number of hydrogen-bond donors (Lipinski definition) is 3. The topological polar surface area (TPSA) is 118 Å². The molecule has 2 amide bonds. The van der Waals surface area contributed by atoms with E-state index in [2.05, 4.69) is 35.7 Å². The maximum Gasteiger partial charge on any atom is 0.260 e. The molecule has 1 unspecified atom stereocenters. The third kappa shape index (κ3) is 4.56. The number of aryl methyl sites for hydroxylation is 1. The van der Waals surface area contributed by atoms with Crippen LogP contribution in [0.5, 0.6) is 0 Å². The molecule has 1 atom stereocenters. The molecule has 7 rings (SSSR count). The van der Waals surface area contributed by atoms with Gasteiger partial charge in [-0.1, -0.05) is 0 Å². The van der Waals surface area contributed by atoms with Crippen molar-refractivity contribution in [3.63, 3.8) is 0 Å². The Morgan fingerprint density at radius 3 is 2.95 bits per heavy atom. The average molecular weight is 549 g/mol. The maximum atomic E-state index is 13.3. The summed E-state index contributed by atoms with van der Waals surface area (Å²) < 4.78 is 9.79. The fourth-order valence-electron chi connectivity index (χ4n) is 6.03. The Morgan fingerprint density at radius 2 is 2.10 bits per heavy atom. The maximum absolute atomic E-state index is 13.3. The van der Waals surface area contributed by atoms with Gasteiger partial charge in [0.15, 0.2) is 0 Å². The van der Waals surface area contributed by atoms with E-state index in [4.69, 9.17) is 4.74 Å². The molecule has 0 bridgehead atoms. The van der Waals surface area contributed by atoms with E-state index >= 15 is 0 Å². The number of fused-ring (bicyclic) bond motifs is 2. The molecule has 3 aromatic heterocycles. The van der Waals surface area contributed by atoms with Gasteiger partial charge in [0.2, 0.25) is 5.91 Å². The number of ether oxygens (including phenoxy) is 1. The third-order valence-electron chi connectivity index (χ3n) is 8.07. The fraction of sp³-hybridized carbons (Fsp3) is 0.481. The molecule has 0 aliphatic carbocycles. The van der Waals surface area contributed by atoms with Crippen LogP contribution in [0.1, 0.15) is 48.7 Å². The van der Waals surface area contributed by atoms with E-state index in [0.29, 0.717) is 23.5 Å². The summed E-state index contributed by atoms with van der Waals surface area (Å²) in [5.41, 5.74) is 4.13. The van der Waals surface area contributed by atoms with Gasteiger partial charge in [0.05, 0.1) is 46.7 Å². The van der Waals surface area contributed by atoms with Crippen molar-refractivity contribution in [2.24, 2.45) is 0 Å². The molecule has 39 heavy (non-hydrogen) atoms. The minimum atomic E-state index is -0.232. The molecule has 2 fully saturated rings. The highest BCUT2D eigenvalue weighted by atomic mass is 32.1. The van der Waals surface area contributed by atoms with Crippen LogP contribution < -0.4 is 16.0 Å². The first kappa shape index (κ1) is 24.6. The van der Waals surface area contributed by atoms with Crippen molar-refractivity contribution in [1.29, 1.82) is 0 Å². The monoisotopic (exact) mass is 548 g/mol. The van der Waals surface area contributed by atoms with Crippen LogP contribution in [0.4, 0.5) is 0 Å². The number of carbonyl (C=O) groups is 2. The lowest BCUT2D eigenvalue weighted by atomic mass is 9.86. The molecule has 12 heteroatoms. The van der Waals surface area contributed by atoms with Gasteiger partial charge in [-0.3, -0.25) is 19.2 Å². The van der Waals surface area contributed by atoms with E-state index in [0.717, 1.165) is 67.2 Å². The molecule has 2 saturated heterocycles. The summed E-state index contributed by atoms with van der Waals surface area (Å²) >= 11 is 1.54. The standard InChI is InChI=1S/C27H32N8O3S/c1-17-21(9-18(10-28-17)31-24(36)14-33-15-27(16-33)6-2-3-8-38-27)32-25(37)20-12-30-35-13-23(39-26(20)35)19-11-29-34-7-4-5-22(19)34/h9-13,17,28H,2-8,14-16H2,1H3,(H,31,36)(H,32,37). The number of likely N-dealkylation sites (tertiary alicyclic amines) is 1. The molecule has 1 spiro atoms. The number of rotatable bonds is 6. The number of thiazole rings is 1. The van der Waals surface area contributed by atoms with Crippen molar-refractivity contribution in [2.45, 2.75) is 57.2 Å². The Hall–Kier alpha value is -3.48. The van der Waals surface area contributed by atoms with E-state index in [1.807, 2.05) is 25.4 Å². The molecule has 204 valence electrons. The quantitative estimate of drug-likeness (QED) is 0.432. The van der Waals surface area contributed by atoms with Crippen LogP contribution in [0.25, 0.3) is 15.3 Å². The second-order valence-corrected chi connectivity index (χ2v) is 12.0. The summed E-state index contributed by atoms with van der Waals surface area (Å²) in [6, 6.07) is -0.117. The van der Waals surface area contributed by atoms with Crippen LogP contribution in [-0.2, 0) is 22.5 Å². The van der Waals surface area contributed by atoms with Gasteiger partial charge in [-0.2, -0.15) is 10.2 Å². The smallest absolute Gasteiger partial charge is 0.260 e. The van der Waals surface area contributed by atoms with Gasteiger partial charge in [0.25, 0.3) is 5.91 Å². The van der Waals surface area contributed by atoms with Gasteiger partial charge < -0.3 is 20.7 Å². The lowest BCUT2D eigenvalue weighted by molar-refractivity contribution is -0.168. The molecular formula is C27H32N8O3S. The van der Waals surface area contributed by atoms with Crippen molar-refractivity contribution < 1.29 is 14.3 Å². The Bertz CT molecular complexity index is 1500.